The van der Waals surface area contributed by atoms with E-state index in [0.717, 1.165) is 23.0 Å². The molecule has 0 aliphatic rings. The molecule has 0 aliphatic carbocycles. The first-order valence-electron chi connectivity index (χ1n) is 6.19. The van der Waals surface area contributed by atoms with Crippen molar-refractivity contribution in [2.45, 2.75) is 6.92 Å². The highest BCUT2D eigenvalue weighted by Gasteiger charge is 2.04. The quantitative estimate of drug-likeness (QED) is 0.613. The molecular formula is C16H18N2O. The summed E-state index contributed by atoms with van der Waals surface area (Å²) in [6, 6.07) is 17.9. The fourth-order valence-electron chi connectivity index (χ4n) is 1.76. The van der Waals surface area contributed by atoms with Crippen LogP contribution in [0, 0.1) is 0 Å². The van der Waals surface area contributed by atoms with Crippen molar-refractivity contribution in [2.75, 3.05) is 19.1 Å². The first-order valence-corrected chi connectivity index (χ1v) is 6.19. The SMILES string of the molecule is COc1ccc(N(C)C(C)=Nc2ccccc2)cc1. The molecule has 0 atom stereocenters. The van der Waals surface area contributed by atoms with Gasteiger partial charge in [-0.2, -0.15) is 0 Å². The van der Waals surface area contributed by atoms with Crippen molar-refractivity contribution in [2.24, 2.45) is 4.99 Å². The van der Waals surface area contributed by atoms with Gasteiger partial charge in [-0.25, -0.2) is 4.99 Å². The number of methoxy groups -OCH3 is 1. The Morgan fingerprint density at radius 1 is 1.00 bits per heavy atom. The molecule has 0 saturated carbocycles. The molecule has 0 bridgehead atoms. The molecular weight excluding hydrogens is 236 g/mol. The molecule has 0 heterocycles. The molecule has 0 aliphatic heterocycles. The molecule has 3 nitrogen and oxygen atoms in total. The molecule has 2 aromatic rings. The van der Waals surface area contributed by atoms with Crippen molar-refractivity contribution in [3.05, 3.63) is 54.6 Å². The fourth-order valence-corrected chi connectivity index (χ4v) is 1.76. The molecule has 0 unspecified atom stereocenters. The summed E-state index contributed by atoms with van der Waals surface area (Å²) in [6.07, 6.45) is 0. The summed E-state index contributed by atoms with van der Waals surface area (Å²) in [5.74, 6) is 1.80. The summed E-state index contributed by atoms with van der Waals surface area (Å²) in [5, 5.41) is 0. The Morgan fingerprint density at radius 2 is 1.63 bits per heavy atom. The summed E-state index contributed by atoms with van der Waals surface area (Å²) in [4.78, 5) is 6.64. The lowest BCUT2D eigenvalue weighted by molar-refractivity contribution is 0.415. The average molecular weight is 254 g/mol. The molecule has 19 heavy (non-hydrogen) atoms. The van der Waals surface area contributed by atoms with E-state index < -0.39 is 0 Å². The monoisotopic (exact) mass is 254 g/mol. The standard InChI is InChI=1S/C16H18N2O/c1-13(17-14-7-5-4-6-8-14)18(2)15-9-11-16(19-3)12-10-15/h4-12H,1-3H3. The lowest BCUT2D eigenvalue weighted by Gasteiger charge is -2.19. The van der Waals surface area contributed by atoms with Crippen molar-refractivity contribution in [3.63, 3.8) is 0 Å². The van der Waals surface area contributed by atoms with Crippen LogP contribution >= 0.6 is 0 Å². The highest BCUT2D eigenvalue weighted by molar-refractivity contribution is 5.97. The maximum absolute atomic E-state index is 5.16. The maximum atomic E-state index is 5.16. The number of hydrogen-bond acceptors (Lipinski definition) is 2. The molecule has 0 aromatic heterocycles. The smallest absolute Gasteiger partial charge is 0.119 e. The molecule has 3 heteroatoms. The van der Waals surface area contributed by atoms with Crippen LogP contribution in [0.5, 0.6) is 5.75 Å². The minimum atomic E-state index is 0.856. The van der Waals surface area contributed by atoms with E-state index in [1.807, 2.05) is 73.5 Å². The Labute approximate surface area is 114 Å². The zero-order valence-electron chi connectivity index (χ0n) is 11.5. The normalized spacial score (nSPS) is 11.2. The summed E-state index contributed by atoms with van der Waals surface area (Å²) in [5.41, 5.74) is 2.04. The van der Waals surface area contributed by atoms with E-state index in [4.69, 9.17) is 4.74 Å². The largest absolute Gasteiger partial charge is 0.497 e. The van der Waals surface area contributed by atoms with Gasteiger partial charge in [0.25, 0.3) is 0 Å². The lowest BCUT2D eigenvalue weighted by atomic mass is 10.2. The van der Waals surface area contributed by atoms with Crippen molar-refractivity contribution >= 4 is 17.2 Å². The number of benzene rings is 2. The van der Waals surface area contributed by atoms with Gasteiger partial charge in [-0.1, -0.05) is 18.2 Å². The van der Waals surface area contributed by atoms with Gasteiger partial charge in [0.15, 0.2) is 0 Å². The van der Waals surface area contributed by atoms with Gasteiger partial charge in [0.05, 0.1) is 12.8 Å². The summed E-state index contributed by atoms with van der Waals surface area (Å²) < 4.78 is 5.16. The number of amidine groups is 1. The van der Waals surface area contributed by atoms with Crippen LogP contribution in [-0.2, 0) is 0 Å². The minimum Gasteiger partial charge on any atom is -0.497 e. The van der Waals surface area contributed by atoms with Gasteiger partial charge in [0.1, 0.15) is 11.6 Å². The van der Waals surface area contributed by atoms with Gasteiger partial charge in [-0.15, -0.1) is 0 Å². The topological polar surface area (TPSA) is 24.8 Å². The highest BCUT2D eigenvalue weighted by Crippen LogP contribution is 2.19. The van der Waals surface area contributed by atoms with Gasteiger partial charge >= 0.3 is 0 Å². The van der Waals surface area contributed by atoms with Crippen LogP contribution in [0.2, 0.25) is 0 Å². The van der Waals surface area contributed by atoms with Crippen LogP contribution in [0.15, 0.2) is 59.6 Å². The zero-order valence-corrected chi connectivity index (χ0v) is 11.5. The number of nitrogens with zero attached hydrogens (tertiary/aromatic N) is 2. The Morgan fingerprint density at radius 3 is 2.21 bits per heavy atom. The van der Waals surface area contributed by atoms with E-state index in [-0.39, 0.29) is 0 Å². The van der Waals surface area contributed by atoms with Crippen molar-refractivity contribution in [1.82, 2.24) is 0 Å². The second-order valence-electron chi connectivity index (χ2n) is 4.25. The number of para-hydroxylation sites is 1. The summed E-state index contributed by atoms with van der Waals surface area (Å²) >= 11 is 0. The molecule has 2 aromatic carbocycles. The maximum Gasteiger partial charge on any atom is 0.119 e. The minimum absolute atomic E-state index is 0.856. The van der Waals surface area contributed by atoms with E-state index >= 15 is 0 Å². The molecule has 0 N–H and O–H groups in total. The predicted molar refractivity (Wildman–Crippen MR) is 80.6 cm³/mol. The Hall–Kier alpha value is -2.29. The second-order valence-corrected chi connectivity index (χ2v) is 4.25. The molecule has 0 amide bonds. The van der Waals surface area contributed by atoms with Crippen LogP contribution < -0.4 is 9.64 Å². The third-order valence-corrected chi connectivity index (χ3v) is 2.99. The van der Waals surface area contributed by atoms with Crippen LogP contribution in [-0.4, -0.2) is 20.0 Å². The number of rotatable bonds is 3. The van der Waals surface area contributed by atoms with Crippen molar-refractivity contribution in [1.29, 1.82) is 0 Å². The van der Waals surface area contributed by atoms with Gasteiger partial charge in [-0.3, -0.25) is 0 Å². The summed E-state index contributed by atoms with van der Waals surface area (Å²) in [7, 11) is 3.67. The number of ether oxygens (including phenoxy) is 1. The Bertz CT molecular complexity index is 547. The lowest BCUT2D eigenvalue weighted by Crippen LogP contribution is -2.22. The Kier molecular flexibility index (Phi) is 4.18. The molecule has 0 fully saturated rings. The first kappa shape index (κ1) is 13.1. The van der Waals surface area contributed by atoms with Gasteiger partial charge in [0, 0.05) is 12.7 Å². The van der Waals surface area contributed by atoms with E-state index in [2.05, 4.69) is 4.99 Å². The van der Waals surface area contributed by atoms with Crippen LogP contribution in [0.3, 0.4) is 0 Å². The second kappa shape index (κ2) is 6.05. The van der Waals surface area contributed by atoms with E-state index in [1.165, 1.54) is 0 Å². The van der Waals surface area contributed by atoms with E-state index in [1.54, 1.807) is 7.11 Å². The van der Waals surface area contributed by atoms with Crippen LogP contribution in [0.4, 0.5) is 11.4 Å². The molecule has 0 radical (unpaired) electrons. The number of anilines is 1. The highest BCUT2D eigenvalue weighted by atomic mass is 16.5. The average Bonchev–Trinajstić information content (AvgIpc) is 2.47. The van der Waals surface area contributed by atoms with Crippen molar-refractivity contribution < 1.29 is 4.74 Å². The predicted octanol–water partition coefficient (Wildman–Crippen LogP) is 3.88. The third kappa shape index (κ3) is 3.35. The van der Waals surface area contributed by atoms with E-state index in [9.17, 15) is 0 Å². The van der Waals surface area contributed by atoms with Crippen LogP contribution in [0.1, 0.15) is 6.92 Å². The van der Waals surface area contributed by atoms with E-state index in [0.29, 0.717) is 0 Å². The van der Waals surface area contributed by atoms with Gasteiger partial charge in [0.2, 0.25) is 0 Å². The zero-order chi connectivity index (χ0) is 13.7. The molecule has 0 saturated heterocycles. The number of hydrogen-bond donors (Lipinski definition) is 0. The van der Waals surface area contributed by atoms with Gasteiger partial charge < -0.3 is 9.64 Å². The van der Waals surface area contributed by atoms with Crippen LogP contribution in [0.25, 0.3) is 0 Å². The van der Waals surface area contributed by atoms with Crippen molar-refractivity contribution in [3.8, 4) is 5.75 Å². The molecule has 0 spiro atoms. The first-order chi connectivity index (χ1) is 9.20. The third-order valence-electron chi connectivity index (χ3n) is 2.99. The molecule has 2 rings (SSSR count). The summed E-state index contributed by atoms with van der Waals surface area (Å²) in [6.45, 7) is 2.00. The molecule has 98 valence electrons. The van der Waals surface area contributed by atoms with Gasteiger partial charge in [-0.05, 0) is 43.3 Å². The fraction of sp³-hybridized carbons (Fsp3) is 0.188. The number of aliphatic imine (C=N–C) groups is 1. The Balaban J connectivity index is 2.18.